The summed E-state index contributed by atoms with van der Waals surface area (Å²) in [5, 5.41) is 0. The van der Waals surface area contributed by atoms with Crippen LogP contribution in [0.2, 0.25) is 0 Å². The molecule has 0 atom stereocenters. The van der Waals surface area contributed by atoms with Gasteiger partial charge in [0.1, 0.15) is 12.2 Å². The van der Waals surface area contributed by atoms with E-state index in [1.54, 1.807) is 6.92 Å². The van der Waals surface area contributed by atoms with E-state index in [-0.39, 0.29) is 23.8 Å². The number of benzene rings is 1. The summed E-state index contributed by atoms with van der Waals surface area (Å²) in [5.74, 6) is -1.31. The van der Waals surface area contributed by atoms with E-state index >= 15 is 0 Å². The molecule has 7 nitrogen and oxygen atoms in total. The van der Waals surface area contributed by atoms with E-state index in [0.717, 1.165) is 22.8 Å². The first-order valence-corrected chi connectivity index (χ1v) is 11.0. The molecule has 11 heteroatoms. The number of nitrogens with zero attached hydrogens (tertiary/aromatic N) is 1. The number of alkyl halides is 3. The van der Waals surface area contributed by atoms with Crippen LogP contribution in [0.25, 0.3) is 0 Å². The summed E-state index contributed by atoms with van der Waals surface area (Å²) >= 11 is 0. The predicted octanol–water partition coefficient (Wildman–Crippen LogP) is 3.32. The quantitative estimate of drug-likeness (QED) is 0.610. The van der Waals surface area contributed by atoms with Gasteiger partial charge in [-0.2, -0.15) is 13.2 Å². The normalized spacial score (nSPS) is 12.1. The Morgan fingerprint density at radius 2 is 1.87 bits per heavy atom. The van der Waals surface area contributed by atoms with Crippen molar-refractivity contribution in [3.8, 4) is 0 Å². The summed E-state index contributed by atoms with van der Waals surface area (Å²) in [7, 11) is -4.20. The molecule has 0 unspecified atom stereocenters. The molecule has 0 bridgehead atoms. The van der Waals surface area contributed by atoms with E-state index in [1.807, 2.05) is 13.8 Å². The zero-order valence-corrected chi connectivity index (χ0v) is 18.0. The fourth-order valence-corrected chi connectivity index (χ4v) is 3.82. The Morgan fingerprint density at radius 3 is 2.48 bits per heavy atom. The number of ether oxygens (including phenoxy) is 1. The predicted molar refractivity (Wildman–Crippen MR) is 109 cm³/mol. The Hall–Kier alpha value is -2.82. The lowest BCUT2D eigenvalue weighted by Gasteiger charge is -2.14. The lowest BCUT2D eigenvalue weighted by Crippen LogP contribution is -2.31. The van der Waals surface area contributed by atoms with E-state index in [2.05, 4.69) is 4.72 Å². The Bertz CT molecular complexity index is 1110. The van der Waals surface area contributed by atoms with Gasteiger partial charge < -0.3 is 4.74 Å². The van der Waals surface area contributed by atoms with Crippen LogP contribution in [0.15, 0.2) is 41.2 Å². The highest BCUT2D eigenvalue weighted by Crippen LogP contribution is 2.29. The second-order valence-corrected chi connectivity index (χ2v) is 9.14. The first-order valence-electron chi connectivity index (χ1n) is 9.31. The smallest absolute Gasteiger partial charge is 0.416 e. The number of esters is 1. The van der Waals surface area contributed by atoms with Crippen LogP contribution >= 0.6 is 0 Å². The summed E-state index contributed by atoms with van der Waals surface area (Å²) in [4.78, 5) is 24.6. The van der Waals surface area contributed by atoms with Gasteiger partial charge in [-0.05, 0) is 36.6 Å². The number of carbonyl (C=O) groups excluding carboxylic acids is 1. The third-order valence-electron chi connectivity index (χ3n) is 4.13. The Balaban J connectivity index is 2.22. The van der Waals surface area contributed by atoms with Gasteiger partial charge in [0.25, 0.3) is 5.56 Å². The molecule has 2 rings (SSSR count). The number of carbonyl (C=O) groups is 1. The zero-order chi connectivity index (χ0) is 23.4. The molecular weight excluding hydrogens is 437 g/mol. The van der Waals surface area contributed by atoms with Gasteiger partial charge in [0.15, 0.2) is 0 Å². The van der Waals surface area contributed by atoms with Crippen LogP contribution in [0.1, 0.15) is 30.7 Å². The average Bonchev–Trinajstić information content (AvgIpc) is 2.65. The molecule has 0 amide bonds. The molecule has 0 fully saturated rings. The third-order valence-corrected chi connectivity index (χ3v) is 5.38. The molecule has 0 spiro atoms. The van der Waals surface area contributed by atoms with Crippen LogP contribution in [0.5, 0.6) is 0 Å². The summed E-state index contributed by atoms with van der Waals surface area (Å²) in [6.45, 7) is 5.05. The maximum Gasteiger partial charge on any atom is 0.416 e. The minimum Gasteiger partial charge on any atom is -0.464 e. The molecule has 1 N–H and O–H groups in total. The summed E-state index contributed by atoms with van der Waals surface area (Å²) in [6.07, 6.45) is -4.61. The maximum absolute atomic E-state index is 12.8. The van der Waals surface area contributed by atoms with Crippen molar-refractivity contribution >= 4 is 21.7 Å². The van der Waals surface area contributed by atoms with E-state index in [0.29, 0.717) is 5.69 Å². The molecule has 0 saturated carbocycles. The number of anilines is 1. The Kier molecular flexibility index (Phi) is 7.53. The summed E-state index contributed by atoms with van der Waals surface area (Å²) < 4.78 is 71.6. The second-order valence-electron chi connectivity index (χ2n) is 7.42. The van der Waals surface area contributed by atoms with Gasteiger partial charge >= 0.3 is 12.1 Å². The molecule has 0 radical (unpaired) electrons. The number of hydrogen-bond acceptors (Lipinski definition) is 5. The third kappa shape index (κ3) is 7.12. The topological polar surface area (TPSA) is 94.5 Å². The minimum absolute atomic E-state index is 0.0907. The molecule has 0 saturated heterocycles. The molecule has 0 aliphatic carbocycles. The monoisotopic (exact) mass is 460 g/mol. The number of halogens is 3. The minimum atomic E-state index is -4.61. The maximum atomic E-state index is 12.8. The van der Waals surface area contributed by atoms with Crippen molar-refractivity contribution in [2.45, 2.75) is 39.2 Å². The van der Waals surface area contributed by atoms with Gasteiger partial charge in [-0.3, -0.25) is 18.9 Å². The van der Waals surface area contributed by atoms with Gasteiger partial charge in [-0.1, -0.05) is 32.0 Å². The molecule has 31 heavy (non-hydrogen) atoms. The van der Waals surface area contributed by atoms with Gasteiger partial charge in [-0.25, -0.2) is 8.42 Å². The molecule has 2 aromatic rings. The number of aryl methyl sites for hydroxylation is 1. The van der Waals surface area contributed by atoms with Crippen LogP contribution in [-0.2, 0) is 38.0 Å². The largest absolute Gasteiger partial charge is 0.464 e. The number of pyridine rings is 1. The first kappa shape index (κ1) is 24.4. The van der Waals surface area contributed by atoms with Crippen LogP contribution in [0.3, 0.4) is 0 Å². The molecule has 1 aromatic carbocycles. The van der Waals surface area contributed by atoms with Gasteiger partial charge in [-0.15, -0.1) is 0 Å². The summed E-state index contributed by atoms with van der Waals surface area (Å²) in [6, 6.07) is 6.59. The van der Waals surface area contributed by atoms with E-state index in [9.17, 15) is 31.2 Å². The molecule has 170 valence electrons. The van der Waals surface area contributed by atoms with Gasteiger partial charge in [0.05, 0.1) is 17.9 Å². The highest BCUT2D eigenvalue weighted by Gasteiger charge is 2.30. The fourth-order valence-electron chi connectivity index (χ4n) is 2.64. The van der Waals surface area contributed by atoms with Crippen LogP contribution < -0.4 is 10.3 Å². The number of hydrogen-bond donors (Lipinski definition) is 1. The molecule has 0 aliphatic heterocycles. The number of rotatable bonds is 8. The first-order chi connectivity index (χ1) is 14.3. The lowest BCUT2D eigenvalue weighted by atomic mass is 10.1. The van der Waals surface area contributed by atoms with Crippen molar-refractivity contribution in [1.82, 2.24) is 4.57 Å². The summed E-state index contributed by atoms with van der Waals surface area (Å²) in [5.41, 5.74) is -1.75. The second kappa shape index (κ2) is 9.54. The van der Waals surface area contributed by atoms with E-state index in [1.165, 1.54) is 18.2 Å². The van der Waals surface area contributed by atoms with E-state index in [4.69, 9.17) is 4.74 Å². The molecule has 1 heterocycles. The van der Waals surface area contributed by atoms with Gasteiger partial charge in [0.2, 0.25) is 10.0 Å². The Labute approximate surface area is 177 Å². The average molecular weight is 460 g/mol. The number of sulfonamides is 1. The highest BCUT2D eigenvalue weighted by atomic mass is 32.2. The zero-order valence-electron chi connectivity index (χ0n) is 17.2. The van der Waals surface area contributed by atoms with Crippen LogP contribution in [-0.4, -0.2) is 25.6 Å². The highest BCUT2D eigenvalue weighted by molar-refractivity contribution is 7.91. The fraction of sp³-hybridized carbons (Fsp3) is 0.400. The van der Waals surface area contributed by atoms with Crippen molar-refractivity contribution in [3.05, 3.63) is 63.6 Å². The van der Waals surface area contributed by atoms with Crippen molar-refractivity contribution < 1.29 is 31.1 Å². The molecule has 0 aliphatic rings. The molecule has 1 aromatic heterocycles. The Morgan fingerprint density at radius 1 is 1.19 bits per heavy atom. The lowest BCUT2D eigenvalue weighted by molar-refractivity contribution is -0.145. The standard InChI is InChI=1S/C20H23F3N2O5S/c1-13(2)11-30-18(26)10-25-14(3)7-8-17(19(25)27)24-31(28,29)12-15-5-4-6-16(9-15)20(21,22)23/h4-9,13,24H,10-12H2,1-3H3. The van der Waals surface area contributed by atoms with Crippen molar-refractivity contribution in [2.75, 3.05) is 11.3 Å². The molecular formula is C20H23F3N2O5S. The van der Waals surface area contributed by atoms with E-state index < -0.39 is 45.6 Å². The van der Waals surface area contributed by atoms with Crippen LogP contribution in [0, 0.1) is 12.8 Å². The van der Waals surface area contributed by atoms with Crippen molar-refractivity contribution in [1.29, 1.82) is 0 Å². The SMILES string of the molecule is Cc1ccc(NS(=O)(=O)Cc2cccc(C(F)(F)F)c2)c(=O)n1CC(=O)OCC(C)C. The van der Waals surface area contributed by atoms with Gasteiger partial charge in [0, 0.05) is 5.69 Å². The van der Waals surface area contributed by atoms with Crippen molar-refractivity contribution in [3.63, 3.8) is 0 Å². The van der Waals surface area contributed by atoms with Crippen molar-refractivity contribution in [2.24, 2.45) is 5.92 Å². The van der Waals surface area contributed by atoms with Crippen LogP contribution in [0.4, 0.5) is 18.9 Å². The number of nitrogens with one attached hydrogen (secondary N) is 1. The number of aromatic nitrogens is 1.